The van der Waals surface area contributed by atoms with E-state index in [9.17, 15) is 0 Å². The smallest absolute Gasteiger partial charge is 0.0517 e. The molecule has 0 saturated heterocycles. The molecule has 0 fully saturated rings. The average molecular weight is 280 g/mol. The molecule has 1 nitrogen and oxygen atoms in total. The van der Waals surface area contributed by atoms with Crippen molar-refractivity contribution in [2.24, 2.45) is 0 Å². The van der Waals surface area contributed by atoms with Crippen molar-refractivity contribution in [1.29, 1.82) is 0 Å². The molecule has 1 aromatic heterocycles. The van der Waals surface area contributed by atoms with Gasteiger partial charge in [-0.1, -0.05) is 28.1 Å². The largest absolute Gasteiger partial charge is 0.265 e. The molecule has 0 amide bonds. The van der Waals surface area contributed by atoms with Gasteiger partial charge < -0.3 is 0 Å². The maximum Gasteiger partial charge on any atom is 0.0517 e. The third-order valence-electron chi connectivity index (χ3n) is 2.21. The summed E-state index contributed by atoms with van der Waals surface area (Å²) in [6.07, 6.45) is 3.58. The van der Waals surface area contributed by atoms with Gasteiger partial charge in [-0.15, -0.1) is 0 Å². The molecule has 0 spiro atoms. The Morgan fingerprint density at radius 3 is 2.07 bits per heavy atom. The highest BCUT2D eigenvalue weighted by Gasteiger charge is 2.07. The molecule has 1 heterocycles. The van der Waals surface area contributed by atoms with Crippen LogP contribution in [0.1, 0.15) is 16.4 Å². The highest BCUT2D eigenvalue weighted by molar-refractivity contribution is 9.10. The Labute approximate surface area is 103 Å². The monoisotopic (exact) mass is 279 g/mol. The van der Waals surface area contributed by atoms with Crippen molar-refractivity contribution in [2.75, 3.05) is 0 Å². The minimum absolute atomic E-state index is 0.112. The number of aromatic nitrogens is 1. The summed E-state index contributed by atoms with van der Waals surface area (Å²) >= 11 is 8.02. The van der Waals surface area contributed by atoms with Gasteiger partial charge in [-0.3, -0.25) is 4.98 Å². The van der Waals surface area contributed by atoms with Gasteiger partial charge in [0.2, 0.25) is 0 Å². The van der Waals surface area contributed by atoms with Crippen LogP contribution in [0.5, 0.6) is 0 Å². The second-order valence-electron chi connectivity index (χ2n) is 3.23. The molecule has 1 atom stereocenters. The molecule has 3 heteroatoms. The van der Waals surface area contributed by atoms with Crippen LogP contribution in [0.3, 0.4) is 0 Å². The molecule has 0 aliphatic carbocycles. The Morgan fingerprint density at radius 1 is 0.933 bits per heavy atom. The highest BCUT2D eigenvalue weighted by Crippen LogP contribution is 2.28. The van der Waals surface area contributed by atoms with Crippen LogP contribution in [0.15, 0.2) is 53.3 Å². The lowest BCUT2D eigenvalue weighted by Crippen LogP contribution is -1.92. The number of hydrogen-bond donors (Lipinski definition) is 1. The summed E-state index contributed by atoms with van der Waals surface area (Å²) in [5.74, 6) is 0. The topological polar surface area (TPSA) is 12.9 Å². The summed E-state index contributed by atoms with van der Waals surface area (Å²) in [5.41, 5.74) is 2.35. The van der Waals surface area contributed by atoms with Gasteiger partial charge in [0.05, 0.1) is 5.25 Å². The number of rotatable bonds is 2. The Morgan fingerprint density at radius 2 is 1.47 bits per heavy atom. The van der Waals surface area contributed by atoms with Gasteiger partial charge >= 0.3 is 0 Å². The lowest BCUT2D eigenvalue weighted by molar-refractivity contribution is 1.14. The summed E-state index contributed by atoms with van der Waals surface area (Å²) in [6.45, 7) is 0. The van der Waals surface area contributed by atoms with Crippen LogP contribution in [0.2, 0.25) is 0 Å². The zero-order chi connectivity index (χ0) is 10.7. The molecule has 1 unspecified atom stereocenters. The standard InChI is InChI=1S/C12H10BrNS/c13-11-3-1-9(2-4-11)12(15)10-5-7-14-8-6-10/h1-8,12,15H. The molecule has 15 heavy (non-hydrogen) atoms. The Kier molecular flexibility index (Phi) is 3.44. The van der Waals surface area contributed by atoms with Crippen molar-refractivity contribution in [2.45, 2.75) is 5.25 Å². The fourth-order valence-corrected chi connectivity index (χ4v) is 1.99. The number of nitrogens with zero attached hydrogens (tertiary/aromatic N) is 1. The van der Waals surface area contributed by atoms with E-state index in [1.165, 1.54) is 5.56 Å². The van der Waals surface area contributed by atoms with Gasteiger partial charge in [0.15, 0.2) is 0 Å². The predicted molar refractivity (Wildman–Crippen MR) is 69.2 cm³/mol. The van der Waals surface area contributed by atoms with Gasteiger partial charge in [0.1, 0.15) is 0 Å². The zero-order valence-corrected chi connectivity index (χ0v) is 10.4. The molecule has 1 aromatic carbocycles. The van der Waals surface area contributed by atoms with E-state index in [4.69, 9.17) is 0 Å². The SMILES string of the molecule is SC(c1ccncc1)c1ccc(Br)cc1. The molecule has 76 valence electrons. The van der Waals surface area contributed by atoms with Crippen molar-refractivity contribution < 1.29 is 0 Å². The Bertz CT molecular complexity index is 427. The van der Waals surface area contributed by atoms with Gasteiger partial charge in [0.25, 0.3) is 0 Å². The summed E-state index contributed by atoms with van der Waals surface area (Å²) in [7, 11) is 0. The second-order valence-corrected chi connectivity index (χ2v) is 4.67. The number of hydrogen-bond acceptors (Lipinski definition) is 2. The predicted octanol–water partition coefficient (Wildman–Crippen LogP) is 3.86. The van der Waals surface area contributed by atoms with Crippen LogP contribution < -0.4 is 0 Å². The molecular weight excluding hydrogens is 270 g/mol. The number of thiol groups is 1. The lowest BCUT2D eigenvalue weighted by Gasteiger charge is -2.10. The summed E-state index contributed by atoms with van der Waals surface area (Å²) < 4.78 is 1.08. The fourth-order valence-electron chi connectivity index (χ4n) is 1.38. The average Bonchev–Trinajstić information content (AvgIpc) is 2.30. The normalized spacial score (nSPS) is 12.4. The van der Waals surface area contributed by atoms with Crippen LogP contribution in [-0.4, -0.2) is 4.98 Å². The van der Waals surface area contributed by atoms with Gasteiger partial charge in [-0.2, -0.15) is 12.6 Å². The van der Waals surface area contributed by atoms with Crippen molar-refractivity contribution >= 4 is 28.6 Å². The van der Waals surface area contributed by atoms with E-state index in [2.05, 4.69) is 45.7 Å². The van der Waals surface area contributed by atoms with Crippen molar-refractivity contribution in [3.05, 3.63) is 64.4 Å². The highest BCUT2D eigenvalue weighted by atomic mass is 79.9. The minimum Gasteiger partial charge on any atom is -0.265 e. The van der Waals surface area contributed by atoms with E-state index >= 15 is 0 Å². The number of pyridine rings is 1. The van der Waals surface area contributed by atoms with E-state index in [0.717, 1.165) is 10.0 Å². The first-order valence-electron chi connectivity index (χ1n) is 4.61. The minimum atomic E-state index is 0.112. The van der Waals surface area contributed by atoms with E-state index in [0.29, 0.717) is 0 Å². The maximum absolute atomic E-state index is 4.60. The Hall–Kier alpha value is -0.800. The fraction of sp³-hybridized carbons (Fsp3) is 0.0833. The van der Waals surface area contributed by atoms with E-state index in [-0.39, 0.29) is 5.25 Å². The second kappa shape index (κ2) is 4.81. The molecule has 0 bridgehead atoms. The van der Waals surface area contributed by atoms with Crippen molar-refractivity contribution in [3.8, 4) is 0 Å². The number of benzene rings is 1. The van der Waals surface area contributed by atoms with E-state index < -0.39 is 0 Å². The van der Waals surface area contributed by atoms with Crippen LogP contribution >= 0.6 is 28.6 Å². The summed E-state index contributed by atoms with van der Waals surface area (Å²) in [6, 6.07) is 12.2. The van der Waals surface area contributed by atoms with Crippen LogP contribution in [0, 0.1) is 0 Å². The van der Waals surface area contributed by atoms with Gasteiger partial charge in [-0.25, -0.2) is 0 Å². The molecular formula is C12H10BrNS. The molecule has 2 aromatic rings. The van der Waals surface area contributed by atoms with Crippen LogP contribution in [0.25, 0.3) is 0 Å². The Balaban J connectivity index is 2.29. The number of halogens is 1. The van der Waals surface area contributed by atoms with Gasteiger partial charge in [0, 0.05) is 16.9 Å². The summed E-state index contributed by atoms with van der Waals surface area (Å²) in [4.78, 5) is 3.99. The molecule has 0 radical (unpaired) electrons. The van der Waals surface area contributed by atoms with Gasteiger partial charge in [-0.05, 0) is 35.4 Å². The van der Waals surface area contributed by atoms with Crippen molar-refractivity contribution in [1.82, 2.24) is 4.98 Å². The zero-order valence-electron chi connectivity index (χ0n) is 7.97. The van der Waals surface area contributed by atoms with Crippen LogP contribution in [-0.2, 0) is 0 Å². The van der Waals surface area contributed by atoms with Crippen LogP contribution in [0.4, 0.5) is 0 Å². The first kappa shape index (κ1) is 10.7. The molecule has 0 aliphatic heterocycles. The molecule has 0 aliphatic rings. The third-order valence-corrected chi connectivity index (χ3v) is 3.33. The molecule has 0 N–H and O–H groups in total. The lowest BCUT2D eigenvalue weighted by atomic mass is 10.1. The molecule has 2 rings (SSSR count). The van der Waals surface area contributed by atoms with E-state index in [1.54, 1.807) is 12.4 Å². The maximum atomic E-state index is 4.60. The summed E-state index contributed by atoms with van der Waals surface area (Å²) in [5, 5.41) is 0.112. The first-order chi connectivity index (χ1) is 7.27. The third kappa shape index (κ3) is 2.61. The quantitative estimate of drug-likeness (QED) is 0.824. The van der Waals surface area contributed by atoms with Crippen molar-refractivity contribution in [3.63, 3.8) is 0 Å². The first-order valence-corrected chi connectivity index (χ1v) is 5.92. The van der Waals surface area contributed by atoms with E-state index in [1.807, 2.05) is 24.3 Å². The molecule has 0 saturated carbocycles.